The van der Waals surface area contributed by atoms with Crippen LogP contribution in [0.2, 0.25) is 5.02 Å². The fraction of sp³-hybridized carbons (Fsp3) is 0.250. The molecule has 3 heterocycles. The summed E-state index contributed by atoms with van der Waals surface area (Å²) in [5.74, 6) is -0.755. The minimum Gasteiger partial charge on any atom is -0.432 e. The number of nitrogens with zero attached hydrogens (tertiary/aromatic N) is 4. The average Bonchev–Trinajstić information content (AvgIpc) is 3.33. The molecule has 0 spiro atoms. The van der Waals surface area contributed by atoms with Crippen molar-refractivity contribution in [3.05, 3.63) is 63.0 Å². The first-order valence-electron chi connectivity index (χ1n) is 9.25. The van der Waals surface area contributed by atoms with Gasteiger partial charge in [-0.1, -0.05) is 36.7 Å². The van der Waals surface area contributed by atoms with Crippen molar-refractivity contribution in [2.75, 3.05) is 7.05 Å². The first-order chi connectivity index (χ1) is 14.4. The number of carbonyl (C=O) groups excluding carboxylic acids is 2. The number of hydrogen-bond donors (Lipinski definition) is 1. The molecule has 154 valence electrons. The second-order valence-corrected chi connectivity index (χ2v) is 8.01. The van der Waals surface area contributed by atoms with Crippen LogP contribution in [0.25, 0.3) is 5.00 Å². The molecule has 1 aliphatic heterocycles. The highest BCUT2D eigenvalue weighted by Crippen LogP contribution is 2.37. The van der Waals surface area contributed by atoms with E-state index in [9.17, 15) is 9.59 Å². The molecular weight excluding hydrogens is 426 g/mol. The molecule has 1 unspecified atom stereocenters. The van der Waals surface area contributed by atoms with E-state index in [-0.39, 0.29) is 11.6 Å². The predicted octanol–water partition coefficient (Wildman–Crippen LogP) is 3.32. The number of carbonyl (C=O) groups is 2. The van der Waals surface area contributed by atoms with E-state index in [1.807, 2.05) is 24.3 Å². The molecule has 1 amide bonds. The molecule has 0 saturated heterocycles. The third-order valence-electron chi connectivity index (χ3n) is 4.50. The van der Waals surface area contributed by atoms with Gasteiger partial charge in [-0.05, 0) is 18.6 Å². The first-order valence-corrected chi connectivity index (χ1v) is 10.4. The van der Waals surface area contributed by atoms with Gasteiger partial charge in [0.1, 0.15) is 5.00 Å². The zero-order valence-electron chi connectivity index (χ0n) is 16.5. The Morgan fingerprint density at radius 3 is 2.73 bits per heavy atom. The van der Waals surface area contributed by atoms with Crippen LogP contribution >= 0.6 is 22.9 Å². The highest BCUT2D eigenvalue weighted by molar-refractivity contribution is 7.15. The lowest BCUT2D eigenvalue weighted by Gasteiger charge is -2.12. The van der Waals surface area contributed by atoms with Crippen molar-refractivity contribution >= 4 is 40.5 Å². The molecule has 8 nitrogen and oxygen atoms in total. The normalized spacial score (nSPS) is 14.9. The van der Waals surface area contributed by atoms with Gasteiger partial charge in [-0.2, -0.15) is 0 Å². The van der Waals surface area contributed by atoms with Crippen LogP contribution in [0.4, 0.5) is 0 Å². The van der Waals surface area contributed by atoms with Crippen molar-refractivity contribution in [1.29, 1.82) is 0 Å². The van der Waals surface area contributed by atoms with Crippen molar-refractivity contribution in [2.45, 2.75) is 26.5 Å². The maximum atomic E-state index is 12.1. The molecule has 30 heavy (non-hydrogen) atoms. The molecule has 2 aromatic heterocycles. The fourth-order valence-corrected chi connectivity index (χ4v) is 4.40. The number of ether oxygens (including phenoxy) is 1. The van der Waals surface area contributed by atoms with Crippen LogP contribution in [0.5, 0.6) is 0 Å². The number of aromatic nitrogens is 3. The Balaban J connectivity index is 2.01. The summed E-state index contributed by atoms with van der Waals surface area (Å²) in [4.78, 5) is 34.1. The number of esters is 1. The van der Waals surface area contributed by atoms with E-state index in [1.165, 1.54) is 30.0 Å². The number of thiophene rings is 1. The molecule has 0 saturated carbocycles. The summed E-state index contributed by atoms with van der Waals surface area (Å²) in [5, 5.41) is 8.15. The Morgan fingerprint density at radius 1 is 1.30 bits per heavy atom. The SMILES string of the molecule is CCc1cc2c(s1)-n1nc(C(=O)NC)nc1C(OC(C)=O)N=C2c1ccccc1Cl. The summed E-state index contributed by atoms with van der Waals surface area (Å²) < 4.78 is 6.99. The molecule has 0 radical (unpaired) electrons. The highest BCUT2D eigenvalue weighted by Gasteiger charge is 2.33. The van der Waals surface area contributed by atoms with Crippen LogP contribution in [0.15, 0.2) is 35.3 Å². The van der Waals surface area contributed by atoms with Crippen LogP contribution in [0.3, 0.4) is 0 Å². The largest absolute Gasteiger partial charge is 0.432 e. The zero-order valence-corrected chi connectivity index (χ0v) is 18.0. The highest BCUT2D eigenvalue weighted by atomic mass is 35.5. The number of halogens is 1. The van der Waals surface area contributed by atoms with Gasteiger partial charge in [0.15, 0.2) is 5.82 Å². The average molecular weight is 444 g/mol. The molecule has 1 aliphatic rings. The van der Waals surface area contributed by atoms with Gasteiger partial charge in [-0.3, -0.25) is 9.59 Å². The van der Waals surface area contributed by atoms with E-state index in [2.05, 4.69) is 22.3 Å². The van der Waals surface area contributed by atoms with Crippen molar-refractivity contribution in [3.8, 4) is 5.00 Å². The minimum atomic E-state index is -1.08. The van der Waals surface area contributed by atoms with Gasteiger partial charge in [-0.15, -0.1) is 16.4 Å². The lowest BCUT2D eigenvalue weighted by Crippen LogP contribution is -2.19. The van der Waals surface area contributed by atoms with E-state index in [1.54, 1.807) is 6.07 Å². The standard InChI is InChI=1S/C20H18ClN5O3S/c1-4-11-9-13-15(12-7-5-6-8-14(12)21)23-19(29-10(2)27)17-24-16(18(28)22-3)25-26(17)20(13)30-11/h5-9,19H,4H2,1-3H3,(H,22,28). The second-order valence-electron chi connectivity index (χ2n) is 6.49. The summed E-state index contributed by atoms with van der Waals surface area (Å²) >= 11 is 7.98. The van der Waals surface area contributed by atoms with E-state index in [0.29, 0.717) is 16.3 Å². The summed E-state index contributed by atoms with van der Waals surface area (Å²) in [7, 11) is 1.50. The van der Waals surface area contributed by atoms with Crippen LogP contribution in [0, 0.1) is 0 Å². The van der Waals surface area contributed by atoms with Gasteiger partial charge in [0.25, 0.3) is 12.1 Å². The van der Waals surface area contributed by atoms with E-state index >= 15 is 0 Å². The molecule has 0 fully saturated rings. The number of aliphatic imine (C=N–C) groups is 1. The van der Waals surface area contributed by atoms with Gasteiger partial charge in [0.2, 0.25) is 5.82 Å². The summed E-state index contributed by atoms with van der Waals surface area (Å²) in [6.07, 6.45) is -0.267. The molecule has 3 aromatic rings. The Bertz CT molecular complexity index is 1180. The van der Waals surface area contributed by atoms with Crippen molar-refractivity contribution in [2.24, 2.45) is 4.99 Å². The number of rotatable bonds is 4. The Morgan fingerprint density at radius 2 is 2.07 bits per heavy atom. The van der Waals surface area contributed by atoms with Gasteiger partial charge < -0.3 is 10.1 Å². The number of nitrogens with one attached hydrogen (secondary N) is 1. The second kappa shape index (κ2) is 8.00. The van der Waals surface area contributed by atoms with Gasteiger partial charge in [-0.25, -0.2) is 14.7 Å². The molecule has 1 aromatic carbocycles. The summed E-state index contributed by atoms with van der Waals surface area (Å²) in [5.41, 5.74) is 2.07. The number of aryl methyl sites for hydroxylation is 1. The summed E-state index contributed by atoms with van der Waals surface area (Å²) in [6.45, 7) is 3.35. The van der Waals surface area contributed by atoms with Crippen molar-refractivity contribution in [3.63, 3.8) is 0 Å². The maximum Gasteiger partial charge on any atom is 0.304 e. The lowest BCUT2D eigenvalue weighted by atomic mass is 10.0. The Kier molecular flexibility index (Phi) is 5.40. The molecule has 0 aliphatic carbocycles. The third-order valence-corrected chi connectivity index (χ3v) is 6.08. The van der Waals surface area contributed by atoms with Crippen LogP contribution in [0.1, 0.15) is 52.5 Å². The fourth-order valence-electron chi connectivity index (χ4n) is 3.12. The minimum absolute atomic E-state index is 0.0292. The quantitative estimate of drug-likeness (QED) is 0.623. The topological polar surface area (TPSA) is 98.5 Å². The molecule has 1 N–H and O–H groups in total. The number of benzene rings is 1. The molecular formula is C20H18ClN5O3S. The van der Waals surface area contributed by atoms with Gasteiger partial charge in [0.05, 0.1) is 5.71 Å². The van der Waals surface area contributed by atoms with Crippen LogP contribution in [-0.2, 0) is 16.0 Å². The monoisotopic (exact) mass is 443 g/mol. The number of amides is 1. The first kappa shape index (κ1) is 20.2. The Labute approximate surface area is 181 Å². The van der Waals surface area contributed by atoms with Crippen molar-refractivity contribution in [1.82, 2.24) is 20.1 Å². The van der Waals surface area contributed by atoms with Gasteiger partial charge in [0, 0.05) is 35.0 Å². The third kappa shape index (κ3) is 3.50. The number of fused-ring (bicyclic) bond motifs is 3. The smallest absolute Gasteiger partial charge is 0.304 e. The van der Waals surface area contributed by atoms with Crippen molar-refractivity contribution < 1.29 is 14.3 Å². The van der Waals surface area contributed by atoms with Crippen LogP contribution in [-0.4, -0.2) is 39.4 Å². The summed E-state index contributed by atoms with van der Waals surface area (Å²) in [6, 6.07) is 9.35. The number of hydrogen-bond acceptors (Lipinski definition) is 7. The molecule has 0 bridgehead atoms. The lowest BCUT2D eigenvalue weighted by molar-refractivity contribution is -0.146. The Hall–Kier alpha value is -3.04. The molecule has 4 rings (SSSR count). The predicted molar refractivity (Wildman–Crippen MR) is 114 cm³/mol. The molecule has 1 atom stereocenters. The van der Waals surface area contributed by atoms with E-state index in [0.717, 1.165) is 21.9 Å². The van der Waals surface area contributed by atoms with E-state index < -0.39 is 18.1 Å². The zero-order chi connectivity index (χ0) is 21.4. The van der Waals surface area contributed by atoms with E-state index in [4.69, 9.17) is 21.3 Å². The maximum absolute atomic E-state index is 12.1. The van der Waals surface area contributed by atoms with Gasteiger partial charge >= 0.3 is 5.97 Å². The molecule has 10 heteroatoms. The van der Waals surface area contributed by atoms with Crippen LogP contribution < -0.4 is 5.32 Å².